The van der Waals surface area contributed by atoms with Crippen molar-refractivity contribution in [3.8, 4) is 22.5 Å². The molecule has 24 heavy (non-hydrogen) atoms. The minimum absolute atomic E-state index is 0.405. The molecule has 0 aliphatic heterocycles. The molecule has 1 unspecified atom stereocenters. The Kier molecular flexibility index (Phi) is 4.07. The van der Waals surface area contributed by atoms with Gasteiger partial charge in [-0.2, -0.15) is 5.10 Å². The van der Waals surface area contributed by atoms with Crippen LogP contribution in [0.2, 0.25) is 0 Å². The van der Waals surface area contributed by atoms with E-state index in [2.05, 4.69) is 15.1 Å². The van der Waals surface area contributed by atoms with Crippen molar-refractivity contribution >= 4 is 5.91 Å². The number of rotatable bonds is 4. The number of aryl methyl sites for hydroxylation is 1. The maximum absolute atomic E-state index is 13.1. The molecule has 3 heterocycles. The van der Waals surface area contributed by atoms with Gasteiger partial charge in [0.1, 0.15) is 11.5 Å². The first-order valence-corrected chi connectivity index (χ1v) is 7.37. The third kappa shape index (κ3) is 3.01. The molecular formula is C17H16FN5O. The average molecular weight is 325 g/mol. The van der Waals surface area contributed by atoms with Gasteiger partial charge in [-0.25, -0.2) is 4.39 Å². The minimum atomic E-state index is -0.492. The lowest BCUT2D eigenvalue weighted by atomic mass is 10.0. The number of nitrogens with two attached hydrogens (primary N) is 1. The van der Waals surface area contributed by atoms with Crippen LogP contribution in [0.25, 0.3) is 22.5 Å². The molecule has 7 heteroatoms. The quantitative estimate of drug-likeness (QED) is 0.797. The zero-order valence-electron chi connectivity index (χ0n) is 13.3. The Hall–Kier alpha value is -3.09. The monoisotopic (exact) mass is 325 g/mol. The van der Waals surface area contributed by atoms with Gasteiger partial charge in [0.15, 0.2) is 0 Å². The highest BCUT2D eigenvalue weighted by Crippen LogP contribution is 2.30. The van der Waals surface area contributed by atoms with E-state index in [1.165, 1.54) is 6.07 Å². The van der Waals surface area contributed by atoms with Crippen LogP contribution in [0.15, 0.2) is 42.9 Å². The molecule has 1 amide bonds. The minimum Gasteiger partial charge on any atom is -0.369 e. The van der Waals surface area contributed by atoms with Crippen LogP contribution < -0.4 is 5.73 Å². The molecule has 0 bridgehead atoms. The molecular weight excluding hydrogens is 309 g/mol. The third-order valence-corrected chi connectivity index (χ3v) is 3.76. The molecule has 3 aromatic rings. The number of halogens is 1. The predicted molar refractivity (Wildman–Crippen MR) is 87.2 cm³/mol. The Balaban J connectivity index is 2.09. The summed E-state index contributed by atoms with van der Waals surface area (Å²) in [6.07, 6.45) is 4.62. The molecule has 1 atom stereocenters. The largest absolute Gasteiger partial charge is 0.369 e. The number of aromatic nitrogens is 4. The summed E-state index contributed by atoms with van der Waals surface area (Å²) in [7, 11) is 1.80. The van der Waals surface area contributed by atoms with E-state index in [9.17, 15) is 9.18 Å². The molecule has 0 aromatic carbocycles. The summed E-state index contributed by atoms with van der Waals surface area (Å²) >= 11 is 0. The van der Waals surface area contributed by atoms with Gasteiger partial charge in [0.05, 0.1) is 23.5 Å². The summed E-state index contributed by atoms with van der Waals surface area (Å²) in [6, 6.07) is 6.55. The number of primary amides is 1. The maximum atomic E-state index is 13.1. The van der Waals surface area contributed by atoms with E-state index >= 15 is 0 Å². The molecule has 0 saturated heterocycles. The molecule has 0 aliphatic rings. The van der Waals surface area contributed by atoms with Crippen LogP contribution in [0.5, 0.6) is 0 Å². The van der Waals surface area contributed by atoms with E-state index in [-0.39, 0.29) is 0 Å². The van der Waals surface area contributed by atoms with Crippen molar-refractivity contribution in [1.82, 2.24) is 19.7 Å². The second-order valence-electron chi connectivity index (χ2n) is 5.52. The first-order chi connectivity index (χ1) is 11.5. The van der Waals surface area contributed by atoms with Crippen LogP contribution in [0.4, 0.5) is 4.39 Å². The molecule has 3 rings (SSSR count). The van der Waals surface area contributed by atoms with Crippen LogP contribution in [-0.4, -0.2) is 25.7 Å². The van der Waals surface area contributed by atoms with Crippen LogP contribution in [0.1, 0.15) is 18.5 Å². The Morgan fingerprint density at radius 1 is 1.29 bits per heavy atom. The van der Waals surface area contributed by atoms with Crippen molar-refractivity contribution in [1.29, 1.82) is 0 Å². The zero-order chi connectivity index (χ0) is 17.3. The number of amides is 1. The maximum Gasteiger partial charge on any atom is 0.226 e. The van der Waals surface area contributed by atoms with Crippen LogP contribution in [0, 0.1) is 5.82 Å². The van der Waals surface area contributed by atoms with E-state index < -0.39 is 17.6 Å². The number of hydrogen-bond donors (Lipinski definition) is 1. The van der Waals surface area contributed by atoms with Gasteiger partial charge in [0.2, 0.25) is 5.91 Å². The Bertz CT molecular complexity index is 888. The van der Waals surface area contributed by atoms with Gasteiger partial charge in [-0.3, -0.25) is 19.4 Å². The Morgan fingerprint density at radius 2 is 2.08 bits per heavy atom. The second kappa shape index (κ2) is 6.19. The fourth-order valence-electron chi connectivity index (χ4n) is 2.40. The molecule has 3 aromatic heterocycles. The van der Waals surface area contributed by atoms with Crippen molar-refractivity contribution < 1.29 is 9.18 Å². The van der Waals surface area contributed by atoms with Crippen molar-refractivity contribution in [3.05, 3.63) is 54.4 Å². The van der Waals surface area contributed by atoms with E-state index in [0.29, 0.717) is 17.1 Å². The van der Waals surface area contributed by atoms with Gasteiger partial charge in [0.25, 0.3) is 0 Å². The van der Waals surface area contributed by atoms with Gasteiger partial charge in [-0.1, -0.05) is 0 Å². The lowest BCUT2D eigenvalue weighted by Crippen LogP contribution is -2.19. The molecule has 0 radical (unpaired) electrons. The number of carbonyl (C=O) groups excluding carboxylic acids is 1. The highest BCUT2D eigenvalue weighted by atomic mass is 19.1. The van der Waals surface area contributed by atoms with Crippen molar-refractivity contribution in [2.75, 3.05) is 0 Å². The summed E-state index contributed by atoms with van der Waals surface area (Å²) in [5, 5.41) is 4.42. The highest BCUT2D eigenvalue weighted by Gasteiger charge is 2.17. The van der Waals surface area contributed by atoms with Crippen molar-refractivity contribution in [2.24, 2.45) is 12.8 Å². The van der Waals surface area contributed by atoms with Gasteiger partial charge in [-0.15, -0.1) is 0 Å². The van der Waals surface area contributed by atoms with E-state index in [4.69, 9.17) is 5.73 Å². The molecule has 122 valence electrons. The Morgan fingerprint density at radius 3 is 2.75 bits per heavy atom. The fraction of sp³-hybridized carbons (Fsp3) is 0.176. The molecule has 0 fully saturated rings. The summed E-state index contributed by atoms with van der Waals surface area (Å²) < 4.78 is 14.8. The lowest BCUT2D eigenvalue weighted by molar-refractivity contribution is -0.119. The second-order valence-corrected chi connectivity index (χ2v) is 5.52. The van der Waals surface area contributed by atoms with Crippen molar-refractivity contribution in [3.63, 3.8) is 0 Å². The fourth-order valence-corrected chi connectivity index (χ4v) is 2.40. The molecule has 0 spiro atoms. The smallest absolute Gasteiger partial charge is 0.226 e. The molecule has 0 saturated carbocycles. The van der Waals surface area contributed by atoms with Gasteiger partial charge >= 0.3 is 0 Å². The van der Waals surface area contributed by atoms with E-state index in [1.54, 1.807) is 37.0 Å². The zero-order valence-corrected chi connectivity index (χ0v) is 13.3. The lowest BCUT2D eigenvalue weighted by Gasteiger charge is -2.08. The predicted octanol–water partition coefficient (Wildman–Crippen LogP) is 2.27. The standard InChI is InChI=1S/C17H16FN5O/c1-10(17(19)24)15-7-11(5-6-20-15)13-9-23(2)22-16(13)14-4-3-12(18)8-21-14/h3-10H,1-2H3,(H2,19,24). The summed E-state index contributed by atoms with van der Waals surface area (Å²) in [5.74, 6) is -1.34. The molecule has 2 N–H and O–H groups in total. The first-order valence-electron chi connectivity index (χ1n) is 7.37. The summed E-state index contributed by atoms with van der Waals surface area (Å²) in [6.45, 7) is 1.71. The summed E-state index contributed by atoms with van der Waals surface area (Å²) in [5.41, 5.74) is 8.78. The van der Waals surface area contributed by atoms with Crippen molar-refractivity contribution in [2.45, 2.75) is 12.8 Å². The van der Waals surface area contributed by atoms with E-state index in [0.717, 1.165) is 17.3 Å². The Labute approximate surface area is 138 Å². The third-order valence-electron chi connectivity index (χ3n) is 3.76. The molecule has 0 aliphatic carbocycles. The average Bonchev–Trinajstić information content (AvgIpc) is 2.96. The van der Waals surface area contributed by atoms with Crippen LogP contribution in [0.3, 0.4) is 0 Å². The SMILES string of the molecule is CC(C(N)=O)c1cc(-c2cn(C)nc2-c2ccc(F)cn2)ccn1. The number of hydrogen-bond acceptors (Lipinski definition) is 4. The number of carbonyl (C=O) groups is 1. The molecule has 6 nitrogen and oxygen atoms in total. The highest BCUT2D eigenvalue weighted by molar-refractivity contribution is 5.83. The van der Waals surface area contributed by atoms with Crippen LogP contribution >= 0.6 is 0 Å². The van der Waals surface area contributed by atoms with Gasteiger partial charge in [0, 0.05) is 25.0 Å². The summed E-state index contributed by atoms with van der Waals surface area (Å²) in [4.78, 5) is 19.7. The number of pyridine rings is 2. The van der Waals surface area contributed by atoms with Crippen LogP contribution in [-0.2, 0) is 11.8 Å². The van der Waals surface area contributed by atoms with E-state index in [1.807, 2.05) is 12.3 Å². The van der Waals surface area contributed by atoms with Gasteiger partial charge < -0.3 is 5.73 Å². The normalized spacial score (nSPS) is 12.1. The number of nitrogens with zero attached hydrogens (tertiary/aromatic N) is 4. The topological polar surface area (TPSA) is 86.7 Å². The first kappa shape index (κ1) is 15.8. The van der Waals surface area contributed by atoms with Gasteiger partial charge in [-0.05, 0) is 36.8 Å².